The van der Waals surface area contributed by atoms with Gasteiger partial charge < -0.3 is 23.7 Å². The van der Waals surface area contributed by atoms with Crippen LogP contribution in [0.5, 0.6) is 11.5 Å². The molecule has 2 aromatic carbocycles. The molecule has 1 saturated heterocycles. The number of ether oxygens (including phenoxy) is 3. The van der Waals surface area contributed by atoms with E-state index in [0.717, 1.165) is 22.2 Å². The Hall–Kier alpha value is -4.51. The quantitative estimate of drug-likeness (QED) is 0.279. The van der Waals surface area contributed by atoms with Gasteiger partial charge in [-0.15, -0.1) is 0 Å². The van der Waals surface area contributed by atoms with E-state index in [1.54, 1.807) is 36.4 Å². The van der Waals surface area contributed by atoms with Crippen molar-refractivity contribution >= 4 is 40.9 Å². The smallest absolute Gasteiger partial charge is 0.373 e. The monoisotopic (exact) mass is 537 g/mol. The molecule has 38 heavy (non-hydrogen) atoms. The Morgan fingerprint density at radius 1 is 1.03 bits per heavy atom. The fraction of sp³-hybridized carbons (Fsp3) is 0.185. The summed E-state index contributed by atoms with van der Waals surface area (Å²) in [5, 5.41) is 8.57. The lowest BCUT2D eigenvalue weighted by Gasteiger charge is -2.13. The molecule has 11 heteroatoms. The molecular formula is C27H23NO9S. The second kappa shape index (κ2) is 11.7. The summed E-state index contributed by atoms with van der Waals surface area (Å²) in [5.74, 6) is -0.969. The first-order chi connectivity index (χ1) is 18.3. The van der Waals surface area contributed by atoms with Crippen molar-refractivity contribution in [3.63, 3.8) is 0 Å². The number of methoxy groups -OCH3 is 1. The van der Waals surface area contributed by atoms with E-state index in [9.17, 15) is 19.2 Å². The number of thioether (sulfide) groups is 1. The maximum atomic E-state index is 12.9. The first kappa shape index (κ1) is 26.6. The number of carboxylic acids is 1. The third-order valence-corrected chi connectivity index (χ3v) is 6.30. The van der Waals surface area contributed by atoms with Gasteiger partial charge in [0.1, 0.15) is 12.4 Å². The van der Waals surface area contributed by atoms with Gasteiger partial charge in [-0.3, -0.25) is 14.5 Å². The summed E-state index contributed by atoms with van der Waals surface area (Å²) < 4.78 is 21.6. The number of nitrogens with zero attached hydrogens (tertiary/aromatic N) is 1. The van der Waals surface area contributed by atoms with Gasteiger partial charge in [-0.2, -0.15) is 0 Å². The van der Waals surface area contributed by atoms with E-state index in [4.69, 9.17) is 19.0 Å². The van der Waals surface area contributed by atoms with Crippen LogP contribution in [-0.2, 0) is 22.7 Å². The van der Waals surface area contributed by atoms with Crippen molar-refractivity contribution in [2.24, 2.45) is 0 Å². The molecule has 0 atom stereocenters. The Morgan fingerprint density at radius 2 is 1.79 bits per heavy atom. The lowest BCUT2D eigenvalue weighted by Crippen LogP contribution is -2.27. The molecule has 196 valence electrons. The minimum Gasteiger partial charge on any atom is -0.490 e. The summed E-state index contributed by atoms with van der Waals surface area (Å²) in [6, 6.07) is 14.4. The van der Waals surface area contributed by atoms with Crippen LogP contribution in [0, 0.1) is 0 Å². The maximum Gasteiger partial charge on any atom is 0.373 e. The van der Waals surface area contributed by atoms with Crippen LogP contribution in [0.2, 0.25) is 0 Å². The van der Waals surface area contributed by atoms with Gasteiger partial charge in [0, 0.05) is 0 Å². The van der Waals surface area contributed by atoms with Crippen LogP contribution in [0.3, 0.4) is 0 Å². The van der Waals surface area contributed by atoms with E-state index in [0.29, 0.717) is 23.7 Å². The highest BCUT2D eigenvalue weighted by atomic mass is 32.2. The first-order valence-corrected chi connectivity index (χ1v) is 12.2. The number of carbonyl (C=O) groups excluding carboxylic acids is 3. The highest BCUT2D eigenvalue weighted by Gasteiger charge is 2.35. The van der Waals surface area contributed by atoms with Crippen molar-refractivity contribution in [2.45, 2.75) is 20.1 Å². The van der Waals surface area contributed by atoms with Gasteiger partial charge in [0.15, 0.2) is 11.5 Å². The molecule has 0 spiro atoms. The molecule has 10 nitrogen and oxygen atoms in total. The lowest BCUT2D eigenvalue weighted by atomic mass is 10.1. The van der Waals surface area contributed by atoms with Crippen molar-refractivity contribution in [2.75, 3.05) is 13.7 Å². The van der Waals surface area contributed by atoms with E-state index in [1.807, 2.05) is 6.92 Å². The summed E-state index contributed by atoms with van der Waals surface area (Å²) >= 11 is 0.799. The average Bonchev–Trinajstić information content (AvgIpc) is 3.48. The molecule has 3 aromatic rings. The number of hydrogen-bond acceptors (Lipinski definition) is 9. The number of esters is 1. The third kappa shape index (κ3) is 6.06. The third-order valence-electron chi connectivity index (χ3n) is 5.40. The minimum atomic E-state index is -1.00. The van der Waals surface area contributed by atoms with Crippen LogP contribution < -0.4 is 9.47 Å². The van der Waals surface area contributed by atoms with E-state index < -0.39 is 23.1 Å². The van der Waals surface area contributed by atoms with Crippen LogP contribution in [-0.4, -0.2) is 46.8 Å². The summed E-state index contributed by atoms with van der Waals surface area (Å²) in [6.45, 7) is 2.28. The fourth-order valence-corrected chi connectivity index (χ4v) is 4.36. The van der Waals surface area contributed by atoms with Gasteiger partial charge in [0.25, 0.3) is 11.1 Å². The average molecular weight is 538 g/mol. The Labute approximate surface area is 221 Å². The van der Waals surface area contributed by atoms with Crippen LogP contribution in [0.15, 0.2) is 63.9 Å². The van der Waals surface area contributed by atoms with Crippen molar-refractivity contribution in [3.05, 3.63) is 87.7 Å². The molecule has 0 radical (unpaired) electrons. The topological polar surface area (TPSA) is 133 Å². The van der Waals surface area contributed by atoms with Crippen molar-refractivity contribution in [3.8, 4) is 11.5 Å². The summed E-state index contributed by atoms with van der Waals surface area (Å²) in [5.41, 5.74) is 1.60. The highest BCUT2D eigenvalue weighted by molar-refractivity contribution is 8.18. The summed E-state index contributed by atoms with van der Waals surface area (Å²) in [7, 11) is 1.23. The van der Waals surface area contributed by atoms with E-state index in [1.165, 1.54) is 31.4 Å². The van der Waals surface area contributed by atoms with Gasteiger partial charge in [-0.05, 0) is 72.3 Å². The van der Waals surface area contributed by atoms with Crippen LogP contribution in [0.1, 0.15) is 44.7 Å². The number of carboxylic acid groups (broad SMARTS) is 1. The van der Waals surface area contributed by atoms with Gasteiger partial charge in [0.2, 0.25) is 5.76 Å². The zero-order valence-electron chi connectivity index (χ0n) is 20.5. The predicted molar refractivity (Wildman–Crippen MR) is 137 cm³/mol. The normalized spacial score (nSPS) is 14.2. The molecule has 0 aliphatic carbocycles. The Morgan fingerprint density at radius 3 is 2.47 bits per heavy atom. The van der Waals surface area contributed by atoms with Gasteiger partial charge in [0.05, 0.1) is 30.7 Å². The standard InChI is InChI=1S/C27H23NO9S/c1-3-35-22-12-17(6-10-20(22)36-15-16-4-7-18(8-5-16)25(30)31)13-23-24(29)28(27(33)38-23)14-19-9-11-21(37-19)26(32)34-2/h4-13H,3,14-15H2,1-2H3,(H,30,31)/b23-13+. The molecule has 2 heterocycles. The SMILES string of the molecule is CCOc1cc(/C=C2/SC(=O)N(Cc3ccc(C(=O)OC)o3)C2=O)ccc1OCc1ccc(C(=O)O)cc1. The Bertz CT molecular complexity index is 1410. The molecule has 0 unspecified atom stereocenters. The van der Waals surface area contributed by atoms with Gasteiger partial charge in [-0.25, -0.2) is 9.59 Å². The first-order valence-electron chi connectivity index (χ1n) is 11.4. The molecular weight excluding hydrogens is 514 g/mol. The Balaban J connectivity index is 1.46. The zero-order valence-corrected chi connectivity index (χ0v) is 21.3. The predicted octanol–water partition coefficient (Wildman–Crippen LogP) is 4.98. The lowest BCUT2D eigenvalue weighted by molar-refractivity contribution is -0.123. The molecule has 1 aliphatic rings. The van der Waals surface area contributed by atoms with E-state index in [2.05, 4.69) is 4.74 Å². The number of furan rings is 1. The number of benzene rings is 2. The molecule has 0 bridgehead atoms. The molecule has 4 rings (SSSR count). The van der Waals surface area contributed by atoms with Crippen LogP contribution in [0.4, 0.5) is 4.79 Å². The second-order valence-electron chi connectivity index (χ2n) is 7.96. The molecule has 2 amide bonds. The highest BCUT2D eigenvalue weighted by Crippen LogP contribution is 2.35. The number of rotatable bonds is 10. The van der Waals surface area contributed by atoms with Crippen LogP contribution >= 0.6 is 11.8 Å². The van der Waals surface area contributed by atoms with Gasteiger partial charge >= 0.3 is 11.9 Å². The molecule has 0 saturated carbocycles. The second-order valence-corrected chi connectivity index (χ2v) is 8.95. The van der Waals surface area contributed by atoms with Crippen molar-refractivity contribution < 1.29 is 42.9 Å². The molecule has 1 aromatic heterocycles. The number of imide groups is 1. The molecule has 1 N–H and O–H groups in total. The summed E-state index contributed by atoms with van der Waals surface area (Å²) in [4.78, 5) is 49.3. The number of aromatic carboxylic acids is 1. The van der Waals surface area contributed by atoms with Crippen LogP contribution in [0.25, 0.3) is 6.08 Å². The molecule has 1 fully saturated rings. The maximum absolute atomic E-state index is 12.9. The van der Waals surface area contributed by atoms with E-state index >= 15 is 0 Å². The summed E-state index contributed by atoms with van der Waals surface area (Å²) in [6.07, 6.45) is 1.59. The van der Waals surface area contributed by atoms with Crippen molar-refractivity contribution in [1.82, 2.24) is 4.90 Å². The largest absolute Gasteiger partial charge is 0.490 e. The Kier molecular flexibility index (Phi) is 8.17. The minimum absolute atomic E-state index is 0.0203. The van der Waals surface area contributed by atoms with Crippen molar-refractivity contribution in [1.29, 1.82) is 0 Å². The fourth-order valence-electron chi connectivity index (χ4n) is 3.52. The zero-order chi connectivity index (χ0) is 27.2. The number of amides is 2. The van der Waals surface area contributed by atoms with Gasteiger partial charge in [-0.1, -0.05) is 18.2 Å². The number of carbonyl (C=O) groups is 4. The number of hydrogen-bond donors (Lipinski definition) is 1. The molecule has 1 aliphatic heterocycles. The van der Waals surface area contributed by atoms with E-state index in [-0.39, 0.29) is 35.1 Å².